The van der Waals surface area contributed by atoms with Gasteiger partial charge in [-0.2, -0.15) is 4.98 Å². The molecule has 9 heteroatoms. The smallest absolute Gasteiger partial charge is 0.254 e. The number of nitrogens with zero attached hydrogens (tertiary/aromatic N) is 2. The number of thioether (sulfide) groups is 1. The molecule has 0 radical (unpaired) electrons. The Balaban J connectivity index is 2.14. The molecule has 2 rings (SSSR count). The van der Waals surface area contributed by atoms with Gasteiger partial charge in [-0.15, -0.1) is 0 Å². The number of hydrogen-bond donors (Lipinski definition) is 1. The maximum atomic E-state index is 12.3. The van der Waals surface area contributed by atoms with Gasteiger partial charge in [0.2, 0.25) is 15.9 Å². The third kappa shape index (κ3) is 5.70. The van der Waals surface area contributed by atoms with Gasteiger partial charge in [0.1, 0.15) is 0 Å². The molecule has 2 aromatic rings. The second-order valence-electron chi connectivity index (χ2n) is 4.49. The Kier molecular flexibility index (Phi) is 6.98. The van der Waals surface area contributed by atoms with Gasteiger partial charge >= 0.3 is 0 Å². The lowest BCUT2D eigenvalue weighted by atomic mass is 10.2. The molecule has 0 aliphatic heterocycles. The number of rotatable bonds is 6. The molecule has 1 N–H and O–H groups in total. The highest BCUT2D eigenvalue weighted by Crippen LogP contribution is 2.32. The van der Waals surface area contributed by atoms with Gasteiger partial charge in [-0.3, -0.25) is 4.79 Å². The van der Waals surface area contributed by atoms with Gasteiger partial charge < -0.3 is 10.1 Å². The fraction of sp³-hybridized carbons (Fsp3) is 0.267. The van der Waals surface area contributed by atoms with E-state index in [4.69, 9.17) is 39.5 Å². The molecule has 0 spiro atoms. The van der Waals surface area contributed by atoms with Gasteiger partial charge in [0.25, 0.3) is 5.91 Å². The molecule has 0 aliphatic rings. The zero-order valence-electron chi connectivity index (χ0n) is 12.6. The Bertz CT molecular complexity index is 683. The number of carbonyl (C=O) groups excluding carboxylic acids is 1. The third-order valence-corrected chi connectivity index (χ3v) is 4.05. The van der Waals surface area contributed by atoms with Crippen molar-refractivity contribution in [1.29, 1.82) is 0 Å². The number of nitrogens with one attached hydrogen (secondary N) is 1. The summed E-state index contributed by atoms with van der Waals surface area (Å²) in [7, 11) is 0. The molecule has 1 amide bonds. The van der Waals surface area contributed by atoms with E-state index in [1.807, 2.05) is 6.92 Å². The van der Waals surface area contributed by atoms with Gasteiger partial charge in [0.05, 0.1) is 0 Å². The molecule has 128 valence electrons. The first kappa shape index (κ1) is 19.1. The summed E-state index contributed by atoms with van der Waals surface area (Å²) < 4.78 is 3.68. The average Bonchev–Trinajstić information content (AvgIpc) is 2.55. The van der Waals surface area contributed by atoms with Crippen LogP contribution in [0.4, 0.5) is 0 Å². The number of carbonyl (C=O) groups is 1. The van der Waals surface area contributed by atoms with Crippen LogP contribution in [0, 0.1) is 0 Å². The fourth-order valence-corrected chi connectivity index (χ4v) is 2.53. The zero-order chi connectivity index (χ0) is 17.6. The molecule has 24 heavy (non-hydrogen) atoms. The van der Waals surface area contributed by atoms with Gasteiger partial charge in [-0.1, -0.05) is 71.7 Å². The predicted molar refractivity (Wildman–Crippen MR) is 97.0 cm³/mol. The number of benzene rings is 1. The summed E-state index contributed by atoms with van der Waals surface area (Å²) in [6, 6.07) is 10.1. The van der Waals surface area contributed by atoms with Crippen LogP contribution in [0.3, 0.4) is 0 Å². The second kappa shape index (κ2) is 8.76. The highest BCUT2D eigenvalue weighted by atomic mass is 35.6. The Morgan fingerprint density at radius 1 is 1.29 bits per heavy atom. The first-order chi connectivity index (χ1) is 11.4. The third-order valence-electron chi connectivity index (χ3n) is 2.72. The SMILES string of the molecule is CCSc1nccc(O[C@@H](NC(=O)c2ccccc2)C(Cl)(Cl)Cl)n1. The second-order valence-corrected chi connectivity index (χ2v) is 8.09. The van der Waals surface area contributed by atoms with Crippen molar-refractivity contribution in [2.45, 2.75) is 22.1 Å². The van der Waals surface area contributed by atoms with Crippen molar-refractivity contribution < 1.29 is 9.53 Å². The highest BCUT2D eigenvalue weighted by Gasteiger charge is 2.36. The summed E-state index contributed by atoms with van der Waals surface area (Å²) in [6.45, 7) is 1.98. The number of amides is 1. The normalized spacial score (nSPS) is 12.5. The summed E-state index contributed by atoms with van der Waals surface area (Å²) in [4.78, 5) is 20.5. The lowest BCUT2D eigenvalue weighted by Gasteiger charge is -2.25. The molecule has 1 aromatic heterocycles. The topological polar surface area (TPSA) is 64.1 Å². The molecule has 0 unspecified atom stereocenters. The maximum absolute atomic E-state index is 12.3. The predicted octanol–water partition coefficient (Wildman–Crippen LogP) is 4.09. The number of ether oxygens (including phenoxy) is 1. The summed E-state index contributed by atoms with van der Waals surface area (Å²) in [5, 5.41) is 3.08. The summed E-state index contributed by atoms with van der Waals surface area (Å²) >= 11 is 19.2. The Morgan fingerprint density at radius 2 is 2.00 bits per heavy atom. The zero-order valence-corrected chi connectivity index (χ0v) is 15.7. The van der Waals surface area contributed by atoms with E-state index in [1.165, 1.54) is 24.0 Å². The number of aromatic nitrogens is 2. The molecule has 0 aliphatic carbocycles. The van der Waals surface area contributed by atoms with Gasteiger partial charge in [-0.25, -0.2) is 4.98 Å². The highest BCUT2D eigenvalue weighted by molar-refractivity contribution is 7.99. The Labute approximate surface area is 159 Å². The van der Waals surface area contributed by atoms with E-state index in [2.05, 4.69) is 15.3 Å². The van der Waals surface area contributed by atoms with Crippen molar-refractivity contribution in [3.63, 3.8) is 0 Å². The van der Waals surface area contributed by atoms with Crippen molar-refractivity contribution >= 4 is 52.5 Å². The Hall–Kier alpha value is -1.21. The van der Waals surface area contributed by atoms with Crippen molar-refractivity contribution in [2.75, 3.05) is 5.75 Å². The average molecular weight is 407 g/mol. The van der Waals surface area contributed by atoms with Gasteiger partial charge in [0.15, 0.2) is 5.16 Å². The lowest BCUT2D eigenvalue weighted by Crippen LogP contribution is -2.48. The molecule has 1 heterocycles. The van der Waals surface area contributed by atoms with Crippen LogP contribution in [0.25, 0.3) is 0 Å². The molecule has 1 aromatic carbocycles. The summed E-state index contributed by atoms with van der Waals surface area (Å²) in [6.07, 6.45) is 0.319. The number of hydrogen-bond acceptors (Lipinski definition) is 5. The molecule has 5 nitrogen and oxygen atoms in total. The van der Waals surface area contributed by atoms with Crippen LogP contribution >= 0.6 is 46.6 Å². The van der Waals surface area contributed by atoms with E-state index in [9.17, 15) is 4.79 Å². The summed E-state index contributed by atoms with van der Waals surface area (Å²) in [5.74, 6) is 0.581. The lowest BCUT2D eigenvalue weighted by molar-refractivity contribution is 0.0824. The van der Waals surface area contributed by atoms with E-state index < -0.39 is 15.9 Å². The first-order valence-electron chi connectivity index (χ1n) is 6.95. The maximum Gasteiger partial charge on any atom is 0.254 e. The van der Waals surface area contributed by atoms with Crippen LogP contribution in [0.2, 0.25) is 0 Å². The molecule has 1 atom stereocenters. The van der Waals surface area contributed by atoms with Crippen molar-refractivity contribution in [3.05, 3.63) is 48.2 Å². The number of alkyl halides is 3. The standard InChI is InChI=1S/C15H14Cl3N3O2S/c1-2-24-14-19-9-8-11(20-14)23-13(15(16,17)18)21-12(22)10-6-4-3-5-7-10/h3-9,13H,2H2,1H3,(H,21,22)/t13-/m1/s1. The largest absolute Gasteiger partial charge is 0.449 e. The summed E-state index contributed by atoms with van der Waals surface area (Å²) in [5.41, 5.74) is 0.422. The first-order valence-corrected chi connectivity index (χ1v) is 9.07. The molecular weight excluding hydrogens is 393 g/mol. The van der Waals surface area contributed by atoms with Crippen LogP contribution in [-0.2, 0) is 0 Å². The Morgan fingerprint density at radius 3 is 2.62 bits per heavy atom. The van der Waals surface area contributed by atoms with E-state index >= 15 is 0 Å². The van der Waals surface area contributed by atoms with Crippen molar-refractivity contribution in [2.24, 2.45) is 0 Å². The van der Waals surface area contributed by atoms with Gasteiger partial charge in [-0.05, 0) is 17.9 Å². The van der Waals surface area contributed by atoms with E-state index in [0.29, 0.717) is 10.7 Å². The number of halogens is 3. The molecule has 0 saturated carbocycles. The van der Waals surface area contributed by atoms with E-state index in [0.717, 1.165) is 5.75 Å². The van der Waals surface area contributed by atoms with Gasteiger partial charge in [0, 0.05) is 17.8 Å². The van der Waals surface area contributed by atoms with Crippen LogP contribution in [-0.4, -0.2) is 31.6 Å². The van der Waals surface area contributed by atoms with Crippen molar-refractivity contribution in [1.82, 2.24) is 15.3 Å². The van der Waals surface area contributed by atoms with Crippen LogP contribution in [0.5, 0.6) is 5.88 Å². The molecule has 0 fully saturated rings. The fourth-order valence-electron chi connectivity index (χ4n) is 1.68. The monoisotopic (exact) mass is 405 g/mol. The quantitative estimate of drug-likeness (QED) is 0.339. The van der Waals surface area contributed by atoms with E-state index in [1.54, 1.807) is 30.3 Å². The van der Waals surface area contributed by atoms with Crippen LogP contribution in [0.15, 0.2) is 47.8 Å². The molecular formula is C15H14Cl3N3O2S. The molecule has 0 saturated heterocycles. The van der Waals surface area contributed by atoms with Crippen molar-refractivity contribution in [3.8, 4) is 5.88 Å². The minimum atomic E-state index is -1.88. The van der Waals surface area contributed by atoms with E-state index in [-0.39, 0.29) is 5.88 Å². The minimum Gasteiger partial charge on any atom is -0.449 e. The van der Waals surface area contributed by atoms with Crippen LogP contribution in [0.1, 0.15) is 17.3 Å². The molecule has 0 bridgehead atoms. The van der Waals surface area contributed by atoms with Crippen LogP contribution < -0.4 is 10.1 Å². The minimum absolute atomic E-state index is 0.200.